The average molecular weight is 395 g/mol. The van der Waals surface area contributed by atoms with Gasteiger partial charge in [-0.15, -0.1) is 11.3 Å². The monoisotopic (exact) mass is 394 g/mol. The third-order valence-electron chi connectivity index (χ3n) is 4.22. The number of nitrogens with zero attached hydrogens (tertiary/aromatic N) is 3. The molecular weight excluding hydrogens is 372 g/mol. The lowest BCUT2D eigenvalue weighted by Crippen LogP contribution is -2.30. The van der Waals surface area contributed by atoms with Gasteiger partial charge in [-0.25, -0.2) is 18.2 Å². The largest absolute Gasteiger partial charge is 0.322 e. The minimum Gasteiger partial charge on any atom is -0.322 e. The first-order valence-electron chi connectivity index (χ1n) is 8.40. The molecule has 0 atom stereocenters. The molecule has 1 aliphatic rings. The number of aryl methyl sites for hydroxylation is 1. The van der Waals surface area contributed by atoms with Gasteiger partial charge in [-0.1, -0.05) is 0 Å². The number of carbonyl (C=O) groups excluding carboxylic acids is 1. The third-order valence-corrected chi connectivity index (χ3v) is 7.03. The van der Waals surface area contributed by atoms with Gasteiger partial charge in [0.2, 0.25) is 10.0 Å². The van der Waals surface area contributed by atoms with E-state index >= 15 is 0 Å². The molecule has 2 heterocycles. The van der Waals surface area contributed by atoms with Crippen LogP contribution in [0.15, 0.2) is 35.4 Å². The van der Waals surface area contributed by atoms with E-state index in [9.17, 15) is 13.2 Å². The van der Waals surface area contributed by atoms with Crippen molar-refractivity contribution in [3.8, 4) is 0 Å². The van der Waals surface area contributed by atoms with Crippen LogP contribution in [0, 0.1) is 6.92 Å². The summed E-state index contributed by atoms with van der Waals surface area (Å²) >= 11 is 1.55. The molecule has 1 N–H and O–H groups in total. The number of aromatic nitrogens is 1. The summed E-state index contributed by atoms with van der Waals surface area (Å²) in [5, 5.41) is 3.74. The molecule has 0 spiro atoms. The zero-order valence-electron chi connectivity index (χ0n) is 14.8. The second-order valence-electron chi connectivity index (χ2n) is 6.27. The van der Waals surface area contributed by atoms with Crippen molar-refractivity contribution in [2.45, 2.75) is 31.2 Å². The Bertz CT molecular complexity index is 872. The SMILES string of the molecule is Cc1ncc(CN(C)C(=O)Nc2ccc(S(=O)(=O)N3CCCC3)cc2)s1. The normalized spacial score (nSPS) is 15.2. The highest BCUT2D eigenvalue weighted by Gasteiger charge is 2.27. The van der Waals surface area contributed by atoms with Crippen molar-refractivity contribution in [1.82, 2.24) is 14.2 Å². The summed E-state index contributed by atoms with van der Waals surface area (Å²) in [4.78, 5) is 19.3. The highest BCUT2D eigenvalue weighted by Crippen LogP contribution is 2.22. The Labute approximate surface area is 157 Å². The van der Waals surface area contributed by atoms with E-state index in [1.165, 1.54) is 16.4 Å². The van der Waals surface area contributed by atoms with E-state index in [0.717, 1.165) is 22.7 Å². The van der Waals surface area contributed by atoms with Crippen LogP contribution in [0.2, 0.25) is 0 Å². The zero-order chi connectivity index (χ0) is 18.7. The first-order valence-corrected chi connectivity index (χ1v) is 10.7. The van der Waals surface area contributed by atoms with Crippen LogP contribution in [-0.2, 0) is 16.6 Å². The van der Waals surface area contributed by atoms with Crippen molar-refractivity contribution in [1.29, 1.82) is 0 Å². The minimum absolute atomic E-state index is 0.255. The lowest BCUT2D eigenvalue weighted by atomic mass is 10.3. The number of thiazole rings is 1. The molecule has 3 rings (SSSR count). The molecule has 1 aliphatic heterocycles. The molecule has 9 heteroatoms. The van der Waals surface area contributed by atoms with Gasteiger partial charge in [0.1, 0.15) is 0 Å². The van der Waals surface area contributed by atoms with E-state index in [4.69, 9.17) is 0 Å². The van der Waals surface area contributed by atoms with Gasteiger partial charge in [0.25, 0.3) is 0 Å². The van der Waals surface area contributed by atoms with Crippen LogP contribution in [-0.4, -0.2) is 48.8 Å². The van der Waals surface area contributed by atoms with E-state index in [1.807, 2.05) is 6.92 Å². The van der Waals surface area contributed by atoms with Crippen molar-refractivity contribution in [2.24, 2.45) is 0 Å². The molecule has 0 saturated carbocycles. The lowest BCUT2D eigenvalue weighted by Gasteiger charge is -2.18. The Morgan fingerprint density at radius 3 is 2.50 bits per heavy atom. The Kier molecular flexibility index (Phi) is 5.59. The fourth-order valence-corrected chi connectivity index (χ4v) is 5.16. The quantitative estimate of drug-likeness (QED) is 0.845. The summed E-state index contributed by atoms with van der Waals surface area (Å²) in [5.41, 5.74) is 0.558. The van der Waals surface area contributed by atoms with Gasteiger partial charge < -0.3 is 10.2 Å². The molecule has 1 fully saturated rings. The summed E-state index contributed by atoms with van der Waals surface area (Å²) in [6, 6.07) is 6.05. The van der Waals surface area contributed by atoms with E-state index in [-0.39, 0.29) is 10.9 Å². The Morgan fingerprint density at radius 1 is 1.27 bits per heavy atom. The Hall–Kier alpha value is -1.97. The maximum absolute atomic E-state index is 12.5. The molecule has 2 amide bonds. The van der Waals surface area contributed by atoms with Crippen molar-refractivity contribution in [3.05, 3.63) is 40.3 Å². The number of carbonyl (C=O) groups is 1. The second-order valence-corrected chi connectivity index (χ2v) is 9.52. The number of amides is 2. The zero-order valence-corrected chi connectivity index (χ0v) is 16.4. The van der Waals surface area contributed by atoms with E-state index < -0.39 is 10.0 Å². The van der Waals surface area contributed by atoms with Crippen LogP contribution in [0.4, 0.5) is 10.5 Å². The molecule has 140 valence electrons. The first kappa shape index (κ1) is 18.8. The average Bonchev–Trinajstić information content (AvgIpc) is 3.27. The second kappa shape index (κ2) is 7.73. The molecule has 2 aromatic rings. The van der Waals surface area contributed by atoms with Gasteiger partial charge in [-0.2, -0.15) is 4.31 Å². The van der Waals surface area contributed by atoms with Crippen LogP contribution in [0.5, 0.6) is 0 Å². The molecule has 1 saturated heterocycles. The maximum Gasteiger partial charge on any atom is 0.321 e. The number of rotatable bonds is 5. The fraction of sp³-hybridized carbons (Fsp3) is 0.412. The van der Waals surface area contributed by atoms with Crippen LogP contribution in [0.1, 0.15) is 22.7 Å². The number of hydrogen-bond acceptors (Lipinski definition) is 5. The standard InChI is InChI=1S/C17H22N4O3S2/c1-13-18-11-15(25-13)12-20(2)17(22)19-14-5-7-16(8-6-14)26(23,24)21-9-3-4-10-21/h5-8,11H,3-4,9-10,12H2,1-2H3,(H,19,22). The summed E-state index contributed by atoms with van der Waals surface area (Å²) in [6.45, 7) is 3.54. The highest BCUT2D eigenvalue weighted by molar-refractivity contribution is 7.89. The molecule has 1 aromatic heterocycles. The van der Waals surface area contributed by atoms with E-state index in [1.54, 1.807) is 41.6 Å². The van der Waals surface area contributed by atoms with E-state index in [0.29, 0.717) is 25.3 Å². The number of hydrogen-bond donors (Lipinski definition) is 1. The van der Waals surface area contributed by atoms with Crippen molar-refractivity contribution in [3.63, 3.8) is 0 Å². The summed E-state index contributed by atoms with van der Waals surface area (Å²) in [6.07, 6.45) is 3.57. The van der Waals surface area contributed by atoms with Crippen LogP contribution in [0.3, 0.4) is 0 Å². The predicted octanol–water partition coefficient (Wildman–Crippen LogP) is 2.90. The van der Waals surface area contributed by atoms with Crippen LogP contribution >= 0.6 is 11.3 Å². The summed E-state index contributed by atoms with van der Waals surface area (Å²) < 4.78 is 26.5. The maximum atomic E-state index is 12.5. The van der Waals surface area contributed by atoms with E-state index in [2.05, 4.69) is 10.3 Å². The van der Waals surface area contributed by atoms with Gasteiger partial charge in [0, 0.05) is 36.9 Å². The van der Waals surface area contributed by atoms with Gasteiger partial charge >= 0.3 is 6.03 Å². The molecule has 1 aromatic carbocycles. The third kappa shape index (κ3) is 4.22. The number of urea groups is 1. The van der Waals surface area contributed by atoms with Crippen molar-refractivity contribution in [2.75, 3.05) is 25.5 Å². The van der Waals surface area contributed by atoms with Gasteiger partial charge in [-0.05, 0) is 44.0 Å². The number of sulfonamides is 1. The lowest BCUT2D eigenvalue weighted by molar-refractivity contribution is 0.221. The summed E-state index contributed by atoms with van der Waals surface area (Å²) in [5.74, 6) is 0. The highest BCUT2D eigenvalue weighted by atomic mass is 32.2. The van der Waals surface area contributed by atoms with Crippen molar-refractivity contribution < 1.29 is 13.2 Å². The first-order chi connectivity index (χ1) is 12.4. The molecule has 7 nitrogen and oxygen atoms in total. The number of benzene rings is 1. The Balaban J connectivity index is 1.62. The topological polar surface area (TPSA) is 82.6 Å². The summed E-state index contributed by atoms with van der Waals surface area (Å²) in [7, 11) is -1.73. The minimum atomic E-state index is -3.43. The van der Waals surface area contributed by atoms with Crippen molar-refractivity contribution >= 4 is 33.1 Å². The molecule has 0 radical (unpaired) electrons. The smallest absolute Gasteiger partial charge is 0.321 e. The van der Waals surface area contributed by atoms with Gasteiger partial charge in [-0.3, -0.25) is 0 Å². The molecule has 0 aliphatic carbocycles. The predicted molar refractivity (Wildman–Crippen MR) is 102 cm³/mol. The number of anilines is 1. The molecular formula is C17H22N4O3S2. The number of nitrogens with one attached hydrogen (secondary N) is 1. The van der Waals surface area contributed by atoms with Gasteiger partial charge in [0.05, 0.1) is 16.4 Å². The molecule has 0 unspecified atom stereocenters. The van der Waals surface area contributed by atoms with Crippen LogP contribution in [0.25, 0.3) is 0 Å². The fourth-order valence-electron chi connectivity index (χ4n) is 2.79. The Morgan fingerprint density at radius 2 is 1.92 bits per heavy atom. The van der Waals surface area contributed by atoms with Gasteiger partial charge in [0.15, 0.2) is 0 Å². The molecule has 0 bridgehead atoms. The molecule has 26 heavy (non-hydrogen) atoms. The van der Waals surface area contributed by atoms with Crippen LogP contribution < -0.4 is 5.32 Å².